The largest absolute Gasteiger partial charge is 0.368 e. The fourth-order valence-electron chi connectivity index (χ4n) is 3.55. The Balaban J connectivity index is 1.95. The van der Waals surface area contributed by atoms with E-state index in [-0.39, 0.29) is 11.9 Å². The van der Waals surface area contributed by atoms with Gasteiger partial charge in [-0.25, -0.2) is 0 Å². The molecule has 3 nitrogen and oxygen atoms in total. The molecule has 2 aliphatic rings. The number of likely N-dealkylation sites (tertiary alicyclic amines) is 1. The van der Waals surface area contributed by atoms with Crippen molar-refractivity contribution in [3.63, 3.8) is 0 Å². The van der Waals surface area contributed by atoms with Crippen LogP contribution >= 0.6 is 0 Å². The Kier molecular flexibility index (Phi) is 3.85. The molecule has 1 saturated heterocycles. The van der Waals surface area contributed by atoms with Crippen molar-refractivity contribution in [1.82, 2.24) is 4.90 Å². The number of piperidine rings is 1. The third-order valence-corrected chi connectivity index (χ3v) is 4.48. The number of amides is 1. The summed E-state index contributed by atoms with van der Waals surface area (Å²) in [5.74, 6) is 1.61. The second-order valence-corrected chi connectivity index (χ2v) is 5.41. The summed E-state index contributed by atoms with van der Waals surface area (Å²) in [6, 6.07) is -0.0251. The second kappa shape index (κ2) is 5.17. The molecule has 2 fully saturated rings. The van der Waals surface area contributed by atoms with E-state index in [1.807, 2.05) is 0 Å². The normalized spacial score (nSPS) is 33.1. The first-order valence-electron chi connectivity index (χ1n) is 6.75. The third-order valence-electron chi connectivity index (χ3n) is 4.48. The van der Waals surface area contributed by atoms with Crippen LogP contribution in [-0.2, 0) is 4.79 Å². The predicted molar refractivity (Wildman–Crippen MR) is 64.9 cm³/mol. The minimum absolute atomic E-state index is 0.0251. The number of hydrogen-bond donors (Lipinski definition) is 1. The van der Waals surface area contributed by atoms with Gasteiger partial charge in [0.05, 0.1) is 6.04 Å². The van der Waals surface area contributed by atoms with Crippen molar-refractivity contribution in [2.24, 2.45) is 17.6 Å². The molecule has 1 amide bonds. The molecule has 3 unspecified atom stereocenters. The molecule has 0 radical (unpaired) electrons. The molecule has 16 heavy (non-hydrogen) atoms. The van der Waals surface area contributed by atoms with Gasteiger partial charge in [-0.05, 0) is 37.6 Å². The topological polar surface area (TPSA) is 46.3 Å². The maximum atomic E-state index is 11.4. The summed E-state index contributed by atoms with van der Waals surface area (Å²) < 4.78 is 0. The van der Waals surface area contributed by atoms with Crippen molar-refractivity contribution in [3.05, 3.63) is 0 Å². The standard InChI is InChI=1S/C13H24N2O/c1-2-12(13(14)16)15-8-7-10-5-3-4-6-11(10)9-15/h10-12H,2-9H2,1H3,(H2,14,16). The zero-order valence-electron chi connectivity index (χ0n) is 10.3. The molecular formula is C13H24N2O. The fraction of sp³-hybridized carbons (Fsp3) is 0.923. The predicted octanol–water partition coefficient (Wildman–Crippen LogP) is 1.76. The maximum absolute atomic E-state index is 11.4. The lowest BCUT2D eigenvalue weighted by molar-refractivity contribution is -0.124. The Morgan fingerprint density at radius 3 is 2.62 bits per heavy atom. The smallest absolute Gasteiger partial charge is 0.234 e. The van der Waals surface area contributed by atoms with Crippen LogP contribution in [0.15, 0.2) is 0 Å². The van der Waals surface area contributed by atoms with Crippen molar-refractivity contribution in [2.75, 3.05) is 13.1 Å². The number of nitrogens with zero attached hydrogens (tertiary/aromatic N) is 1. The molecule has 3 heteroatoms. The zero-order chi connectivity index (χ0) is 11.5. The van der Waals surface area contributed by atoms with E-state index >= 15 is 0 Å². The Hall–Kier alpha value is -0.570. The Bertz CT molecular complexity index is 254. The number of nitrogens with two attached hydrogens (primary N) is 1. The van der Waals surface area contributed by atoms with Gasteiger partial charge in [0.25, 0.3) is 0 Å². The molecule has 1 aliphatic carbocycles. The van der Waals surface area contributed by atoms with Gasteiger partial charge in [0.1, 0.15) is 0 Å². The molecular weight excluding hydrogens is 200 g/mol. The molecule has 2 rings (SSSR count). The highest BCUT2D eigenvalue weighted by atomic mass is 16.1. The van der Waals surface area contributed by atoms with Crippen molar-refractivity contribution in [2.45, 2.75) is 51.5 Å². The van der Waals surface area contributed by atoms with Crippen LogP contribution in [-0.4, -0.2) is 29.9 Å². The first-order valence-corrected chi connectivity index (χ1v) is 6.75. The van der Waals surface area contributed by atoms with E-state index in [0.717, 1.165) is 31.3 Å². The number of fused-ring (bicyclic) bond motifs is 1. The molecule has 0 aromatic heterocycles. The monoisotopic (exact) mass is 224 g/mol. The van der Waals surface area contributed by atoms with Crippen LogP contribution in [0.1, 0.15) is 45.4 Å². The average molecular weight is 224 g/mol. The van der Waals surface area contributed by atoms with Gasteiger partial charge >= 0.3 is 0 Å². The Morgan fingerprint density at radius 1 is 1.31 bits per heavy atom. The van der Waals surface area contributed by atoms with Crippen molar-refractivity contribution in [1.29, 1.82) is 0 Å². The maximum Gasteiger partial charge on any atom is 0.234 e. The first-order chi connectivity index (χ1) is 7.72. The van der Waals surface area contributed by atoms with Crippen LogP contribution in [0.25, 0.3) is 0 Å². The Labute approximate surface area is 98.4 Å². The molecule has 2 N–H and O–H groups in total. The highest BCUT2D eigenvalue weighted by molar-refractivity contribution is 5.79. The lowest BCUT2D eigenvalue weighted by Gasteiger charge is -2.43. The third kappa shape index (κ3) is 2.40. The van der Waals surface area contributed by atoms with E-state index in [2.05, 4.69) is 11.8 Å². The van der Waals surface area contributed by atoms with Crippen LogP contribution < -0.4 is 5.73 Å². The van der Waals surface area contributed by atoms with E-state index in [9.17, 15) is 4.79 Å². The molecule has 0 aromatic carbocycles. The number of carbonyl (C=O) groups is 1. The van der Waals surface area contributed by atoms with Crippen LogP contribution in [0.5, 0.6) is 0 Å². The summed E-state index contributed by atoms with van der Waals surface area (Å²) in [6.45, 7) is 4.23. The minimum atomic E-state index is -0.142. The van der Waals surface area contributed by atoms with Gasteiger partial charge in [0, 0.05) is 6.54 Å². The highest BCUT2D eigenvalue weighted by Crippen LogP contribution is 2.36. The number of rotatable bonds is 3. The lowest BCUT2D eigenvalue weighted by Crippen LogP contribution is -2.51. The van der Waals surface area contributed by atoms with Gasteiger partial charge in [0.15, 0.2) is 0 Å². The van der Waals surface area contributed by atoms with Gasteiger partial charge in [-0.2, -0.15) is 0 Å². The lowest BCUT2D eigenvalue weighted by atomic mass is 9.75. The number of primary amides is 1. The van der Waals surface area contributed by atoms with Gasteiger partial charge in [-0.3, -0.25) is 9.69 Å². The minimum Gasteiger partial charge on any atom is -0.368 e. The Morgan fingerprint density at radius 2 is 2.00 bits per heavy atom. The van der Waals surface area contributed by atoms with Crippen LogP contribution in [0, 0.1) is 11.8 Å². The van der Waals surface area contributed by atoms with E-state index in [1.165, 1.54) is 32.1 Å². The SMILES string of the molecule is CCC(C(N)=O)N1CCC2CCCCC2C1. The summed E-state index contributed by atoms with van der Waals surface area (Å²) in [4.78, 5) is 13.7. The van der Waals surface area contributed by atoms with Gasteiger partial charge in [-0.15, -0.1) is 0 Å². The van der Waals surface area contributed by atoms with E-state index < -0.39 is 0 Å². The van der Waals surface area contributed by atoms with Crippen LogP contribution in [0.4, 0.5) is 0 Å². The first kappa shape index (κ1) is 11.9. The highest BCUT2D eigenvalue weighted by Gasteiger charge is 2.34. The summed E-state index contributed by atoms with van der Waals surface area (Å²) in [5, 5.41) is 0. The molecule has 3 atom stereocenters. The molecule has 1 heterocycles. The van der Waals surface area contributed by atoms with Crippen molar-refractivity contribution >= 4 is 5.91 Å². The summed E-state index contributed by atoms with van der Waals surface area (Å²) in [6.07, 6.45) is 7.68. The van der Waals surface area contributed by atoms with Crippen LogP contribution in [0.2, 0.25) is 0 Å². The molecule has 0 spiro atoms. The van der Waals surface area contributed by atoms with Gasteiger partial charge in [0.2, 0.25) is 5.91 Å². The summed E-state index contributed by atoms with van der Waals surface area (Å²) >= 11 is 0. The molecule has 92 valence electrons. The quantitative estimate of drug-likeness (QED) is 0.794. The van der Waals surface area contributed by atoms with Gasteiger partial charge < -0.3 is 5.73 Å². The molecule has 0 bridgehead atoms. The summed E-state index contributed by atoms with van der Waals surface area (Å²) in [7, 11) is 0. The zero-order valence-corrected chi connectivity index (χ0v) is 10.3. The van der Waals surface area contributed by atoms with E-state index in [4.69, 9.17) is 5.73 Å². The van der Waals surface area contributed by atoms with Crippen LogP contribution in [0.3, 0.4) is 0 Å². The average Bonchev–Trinajstić information content (AvgIpc) is 2.29. The second-order valence-electron chi connectivity index (χ2n) is 5.41. The van der Waals surface area contributed by atoms with E-state index in [1.54, 1.807) is 0 Å². The van der Waals surface area contributed by atoms with E-state index in [0.29, 0.717) is 0 Å². The number of hydrogen-bond acceptors (Lipinski definition) is 2. The van der Waals surface area contributed by atoms with Crippen molar-refractivity contribution < 1.29 is 4.79 Å². The summed E-state index contributed by atoms with van der Waals surface area (Å²) in [5.41, 5.74) is 5.47. The van der Waals surface area contributed by atoms with Crippen molar-refractivity contribution in [3.8, 4) is 0 Å². The molecule has 0 aromatic rings. The number of carbonyl (C=O) groups excluding carboxylic acids is 1. The molecule has 1 saturated carbocycles. The fourth-order valence-corrected chi connectivity index (χ4v) is 3.55. The molecule has 1 aliphatic heterocycles. The van der Waals surface area contributed by atoms with Gasteiger partial charge in [-0.1, -0.05) is 26.2 Å².